The Balaban J connectivity index is 1.72. The van der Waals surface area contributed by atoms with E-state index in [0.717, 1.165) is 50.3 Å². The number of carbonyl (C=O) groups excluding carboxylic acids is 1. The third-order valence-electron chi connectivity index (χ3n) is 4.94. The monoisotopic (exact) mass is 358 g/mol. The van der Waals surface area contributed by atoms with Crippen molar-refractivity contribution in [1.82, 2.24) is 9.88 Å². The molecule has 5 heteroatoms. The first kappa shape index (κ1) is 18.1. The number of ether oxygens (including phenoxy) is 1. The molecule has 2 aromatic rings. The lowest BCUT2D eigenvalue weighted by Crippen LogP contribution is -2.48. The molecule has 3 rings (SSSR count). The van der Waals surface area contributed by atoms with Crippen LogP contribution >= 0.6 is 11.3 Å². The summed E-state index contributed by atoms with van der Waals surface area (Å²) in [6.07, 6.45) is 5.53. The second-order valence-corrected chi connectivity index (χ2v) is 7.71. The van der Waals surface area contributed by atoms with Crippen molar-refractivity contribution in [2.45, 2.75) is 39.2 Å². The van der Waals surface area contributed by atoms with Gasteiger partial charge in [-0.15, -0.1) is 11.3 Å². The van der Waals surface area contributed by atoms with E-state index in [1.807, 2.05) is 24.6 Å². The van der Waals surface area contributed by atoms with Gasteiger partial charge in [0.05, 0.1) is 18.6 Å². The maximum Gasteiger partial charge on any atom is 0.313 e. The van der Waals surface area contributed by atoms with E-state index in [1.54, 1.807) is 11.3 Å². The molecule has 4 nitrogen and oxygen atoms in total. The molecule has 0 amide bonds. The number of hydrogen-bond donors (Lipinski definition) is 0. The Morgan fingerprint density at radius 1 is 1.36 bits per heavy atom. The van der Waals surface area contributed by atoms with Crippen LogP contribution in [-0.4, -0.2) is 35.5 Å². The molecule has 25 heavy (non-hydrogen) atoms. The third-order valence-corrected chi connectivity index (χ3v) is 5.71. The highest BCUT2D eigenvalue weighted by molar-refractivity contribution is 7.09. The van der Waals surface area contributed by atoms with Crippen molar-refractivity contribution in [2.75, 3.05) is 19.7 Å². The summed E-state index contributed by atoms with van der Waals surface area (Å²) in [5.74, 6) is -0.0326. The number of thiazole rings is 1. The van der Waals surface area contributed by atoms with Crippen molar-refractivity contribution in [3.8, 4) is 0 Å². The molecule has 1 saturated heterocycles. The molecule has 1 atom stereocenters. The van der Waals surface area contributed by atoms with Gasteiger partial charge in [0, 0.05) is 18.1 Å². The highest BCUT2D eigenvalue weighted by Gasteiger charge is 2.43. The SMILES string of the molecule is CCOC(=O)C1(CCc2ccccc2)CCCN(Cc2nccs2)C1. The number of likely N-dealkylation sites (tertiary alicyclic amines) is 1. The molecule has 0 aliphatic carbocycles. The highest BCUT2D eigenvalue weighted by atomic mass is 32.1. The lowest BCUT2D eigenvalue weighted by atomic mass is 9.75. The third kappa shape index (κ3) is 4.67. The summed E-state index contributed by atoms with van der Waals surface area (Å²) in [6, 6.07) is 10.4. The largest absolute Gasteiger partial charge is 0.466 e. The minimum absolute atomic E-state index is 0.0326. The summed E-state index contributed by atoms with van der Waals surface area (Å²) in [4.78, 5) is 19.6. The Labute approximate surface area is 153 Å². The van der Waals surface area contributed by atoms with Crippen LogP contribution in [-0.2, 0) is 22.5 Å². The summed E-state index contributed by atoms with van der Waals surface area (Å²) >= 11 is 1.68. The van der Waals surface area contributed by atoms with Crippen LogP contribution in [0.4, 0.5) is 0 Å². The number of esters is 1. The number of nitrogens with zero attached hydrogens (tertiary/aromatic N) is 2. The quantitative estimate of drug-likeness (QED) is 0.704. The van der Waals surface area contributed by atoms with Crippen molar-refractivity contribution in [3.63, 3.8) is 0 Å². The topological polar surface area (TPSA) is 42.4 Å². The molecule has 0 saturated carbocycles. The lowest BCUT2D eigenvalue weighted by molar-refractivity contribution is -0.160. The number of benzene rings is 1. The van der Waals surface area contributed by atoms with Crippen LogP contribution in [0.2, 0.25) is 0 Å². The molecule has 1 aromatic carbocycles. The van der Waals surface area contributed by atoms with Gasteiger partial charge in [-0.3, -0.25) is 9.69 Å². The number of carbonyl (C=O) groups is 1. The molecule has 1 unspecified atom stereocenters. The van der Waals surface area contributed by atoms with Crippen molar-refractivity contribution in [2.24, 2.45) is 5.41 Å². The van der Waals surface area contributed by atoms with Crippen LogP contribution in [0.15, 0.2) is 41.9 Å². The smallest absolute Gasteiger partial charge is 0.313 e. The second-order valence-electron chi connectivity index (χ2n) is 6.73. The van der Waals surface area contributed by atoms with Gasteiger partial charge in [0.1, 0.15) is 5.01 Å². The van der Waals surface area contributed by atoms with Crippen LogP contribution in [0.25, 0.3) is 0 Å². The Morgan fingerprint density at radius 3 is 2.92 bits per heavy atom. The fourth-order valence-corrected chi connectivity index (χ4v) is 4.33. The minimum Gasteiger partial charge on any atom is -0.466 e. The summed E-state index contributed by atoms with van der Waals surface area (Å²) in [5, 5.41) is 3.12. The standard InChI is InChI=1S/C20H26N2O2S/c1-2-24-19(23)20(11-9-17-7-4-3-5-8-17)10-6-13-22(16-20)15-18-21-12-14-25-18/h3-5,7-8,12,14H,2,6,9-11,13,15-16H2,1H3. The number of aryl methyl sites for hydroxylation is 1. The van der Waals surface area contributed by atoms with Crippen molar-refractivity contribution >= 4 is 17.3 Å². The van der Waals surface area contributed by atoms with Crippen LogP contribution < -0.4 is 0 Å². The Kier molecular flexibility index (Phi) is 6.21. The van der Waals surface area contributed by atoms with Crippen LogP contribution in [0.1, 0.15) is 36.8 Å². The Hall–Kier alpha value is -1.72. The molecule has 1 aliphatic rings. The number of hydrogen-bond acceptors (Lipinski definition) is 5. The van der Waals surface area contributed by atoms with Crippen LogP contribution in [0, 0.1) is 5.41 Å². The van der Waals surface area contributed by atoms with E-state index in [0.29, 0.717) is 6.61 Å². The zero-order valence-corrected chi connectivity index (χ0v) is 15.6. The summed E-state index contributed by atoms with van der Waals surface area (Å²) in [5.41, 5.74) is 0.879. The molecule has 0 bridgehead atoms. The summed E-state index contributed by atoms with van der Waals surface area (Å²) in [7, 11) is 0. The zero-order valence-electron chi connectivity index (χ0n) is 14.8. The summed E-state index contributed by atoms with van der Waals surface area (Å²) < 4.78 is 5.48. The normalized spacial score (nSPS) is 21.2. The Morgan fingerprint density at radius 2 is 2.20 bits per heavy atom. The van der Waals surface area contributed by atoms with Crippen molar-refractivity contribution < 1.29 is 9.53 Å². The first-order valence-electron chi connectivity index (χ1n) is 9.04. The fraction of sp³-hybridized carbons (Fsp3) is 0.500. The first-order chi connectivity index (χ1) is 12.2. The van der Waals surface area contributed by atoms with Gasteiger partial charge in [0.15, 0.2) is 0 Å². The van der Waals surface area contributed by atoms with Gasteiger partial charge >= 0.3 is 5.97 Å². The Bertz CT molecular complexity index is 660. The molecule has 1 aromatic heterocycles. The average Bonchev–Trinajstić information content (AvgIpc) is 3.14. The van der Waals surface area contributed by atoms with Gasteiger partial charge in [0.2, 0.25) is 0 Å². The fourth-order valence-electron chi connectivity index (χ4n) is 3.67. The van der Waals surface area contributed by atoms with Crippen molar-refractivity contribution in [1.29, 1.82) is 0 Å². The van der Waals surface area contributed by atoms with Gasteiger partial charge in [-0.05, 0) is 44.7 Å². The molecule has 1 aliphatic heterocycles. The van der Waals surface area contributed by atoms with Gasteiger partial charge in [-0.2, -0.15) is 0 Å². The molecular weight excluding hydrogens is 332 g/mol. The molecule has 0 N–H and O–H groups in total. The minimum atomic E-state index is -0.401. The number of aromatic nitrogens is 1. The first-order valence-corrected chi connectivity index (χ1v) is 9.92. The van der Waals surface area contributed by atoms with E-state index >= 15 is 0 Å². The van der Waals surface area contributed by atoms with E-state index in [-0.39, 0.29) is 5.97 Å². The second kappa shape index (κ2) is 8.59. The van der Waals surface area contributed by atoms with E-state index in [4.69, 9.17) is 4.74 Å². The predicted octanol–water partition coefficient (Wildman–Crippen LogP) is 3.92. The molecule has 0 spiro atoms. The average molecular weight is 359 g/mol. The molecule has 134 valence electrons. The maximum absolute atomic E-state index is 12.8. The van der Waals surface area contributed by atoms with Crippen LogP contribution in [0.5, 0.6) is 0 Å². The van der Waals surface area contributed by atoms with Gasteiger partial charge in [0.25, 0.3) is 0 Å². The summed E-state index contributed by atoms with van der Waals surface area (Å²) in [6.45, 7) is 4.94. The van der Waals surface area contributed by atoms with E-state index in [2.05, 4.69) is 34.1 Å². The highest BCUT2D eigenvalue weighted by Crippen LogP contribution is 2.37. The lowest BCUT2D eigenvalue weighted by Gasteiger charge is -2.40. The predicted molar refractivity (Wildman–Crippen MR) is 100 cm³/mol. The van der Waals surface area contributed by atoms with Crippen molar-refractivity contribution in [3.05, 3.63) is 52.5 Å². The molecular formula is C20H26N2O2S. The zero-order chi connectivity index (χ0) is 17.5. The van der Waals surface area contributed by atoms with Crippen LogP contribution in [0.3, 0.4) is 0 Å². The van der Waals surface area contributed by atoms with E-state index in [9.17, 15) is 4.79 Å². The number of piperidine rings is 1. The maximum atomic E-state index is 12.8. The molecule has 2 heterocycles. The number of rotatable bonds is 7. The molecule has 0 radical (unpaired) electrons. The van der Waals surface area contributed by atoms with E-state index < -0.39 is 5.41 Å². The van der Waals surface area contributed by atoms with E-state index in [1.165, 1.54) is 5.56 Å². The van der Waals surface area contributed by atoms with Gasteiger partial charge in [-0.1, -0.05) is 30.3 Å². The molecule has 1 fully saturated rings. The van der Waals surface area contributed by atoms with Gasteiger partial charge in [-0.25, -0.2) is 4.98 Å². The van der Waals surface area contributed by atoms with Gasteiger partial charge < -0.3 is 4.74 Å².